The Morgan fingerprint density at radius 3 is 2.95 bits per heavy atom. The van der Waals surface area contributed by atoms with Crippen LogP contribution in [0.15, 0.2) is 24.3 Å². The first-order valence-corrected chi connectivity index (χ1v) is 6.56. The van der Waals surface area contributed by atoms with Gasteiger partial charge >= 0.3 is 0 Å². The lowest BCUT2D eigenvalue weighted by Crippen LogP contribution is -2.31. The summed E-state index contributed by atoms with van der Waals surface area (Å²) in [5.41, 5.74) is 1.43. The van der Waals surface area contributed by atoms with Gasteiger partial charge in [0.05, 0.1) is 5.52 Å². The summed E-state index contributed by atoms with van der Waals surface area (Å²) < 4.78 is 0. The number of nitrogens with one attached hydrogen (secondary N) is 2. The number of aromatic amines is 1. The van der Waals surface area contributed by atoms with Crippen molar-refractivity contribution in [3.8, 4) is 0 Å². The van der Waals surface area contributed by atoms with E-state index in [4.69, 9.17) is 5.11 Å². The van der Waals surface area contributed by atoms with Crippen molar-refractivity contribution in [3.63, 3.8) is 0 Å². The van der Waals surface area contributed by atoms with E-state index in [-0.39, 0.29) is 17.9 Å². The number of benzene rings is 1. The first-order chi connectivity index (χ1) is 9.24. The van der Waals surface area contributed by atoms with Crippen molar-refractivity contribution in [2.24, 2.45) is 5.41 Å². The van der Waals surface area contributed by atoms with E-state index in [1.54, 1.807) is 0 Å². The summed E-state index contributed by atoms with van der Waals surface area (Å²) >= 11 is 0. The molecule has 1 aromatic heterocycles. The second-order valence-electron chi connectivity index (χ2n) is 5.27. The van der Waals surface area contributed by atoms with Crippen molar-refractivity contribution in [1.29, 1.82) is 0 Å². The van der Waals surface area contributed by atoms with Crippen molar-refractivity contribution in [3.05, 3.63) is 30.0 Å². The summed E-state index contributed by atoms with van der Waals surface area (Å²) in [7, 11) is 0. The molecular formula is C14H17N3O2. The number of rotatable bonds is 5. The highest BCUT2D eigenvalue weighted by Gasteiger charge is 2.42. The smallest absolute Gasteiger partial charge is 0.272 e. The molecule has 0 bridgehead atoms. The molecule has 5 heteroatoms. The van der Waals surface area contributed by atoms with Crippen LogP contribution in [0, 0.1) is 5.41 Å². The minimum absolute atomic E-state index is 0.122. The number of fused-ring (bicyclic) bond motifs is 1. The Morgan fingerprint density at radius 1 is 1.42 bits per heavy atom. The molecule has 1 fully saturated rings. The SMILES string of the molecule is O=C(NCC1(CCO)CC1)c1n[nH]c2ccccc12. The zero-order valence-corrected chi connectivity index (χ0v) is 10.6. The van der Waals surface area contributed by atoms with Gasteiger partial charge in [0.2, 0.25) is 0 Å². The average Bonchev–Trinajstić information content (AvgIpc) is 3.05. The highest BCUT2D eigenvalue weighted by molar-refractivity contribution is 6.04. The lowest BCUT2D eigenvalue weighted by atomic mass is 10.0. The largest absolute Gasteiger partial charge is 0.396 e. The monoisotopic (exact) mass is 259 g/mol. The third-order valence-electron chi connectivity index (χ3n) is 3.91. The number of amides is 1. The number of aliphatic hydroxyl groups excluding tert-OH is 1. The van der Waals surface area contributed by atoms with Crippen LogP contribution in [-0.2, 0) is 0 Å². The van der Waals surface area contributed by atoms with Crippen LogP contribution in [0.2, 0.25) is 0 Å². The fraction of sp³-hybridized carbons (Fsp3) is 0.429. The number of aromatic nitrogens is 2. The topological polar surface area (TPSA) is 78.0 Å². The summed E-state index contributed by atoms with van der Waals surface area (Å²) in [5.74, 6) is -0.151. The van der Waals surface area contributed by atoms with Gasteiger partial charge in [-0.25, -0.2) is 0 Å². The molecule has 1 saturated carbocycles. The molecule has 1 heterocycles. The third kappa shape index (κ3) is 2.33. The van der Waals surface area contributed by atoms with E-state index >= 15 is 0 Å². The molecule has 0 spiro atoms. The average molecular weight is 259 g/mol. The molecule has 0 unspecified atom stereocenters. The lowest BCUT2D eigenvalue weighted by molar-refractivity contribution is 0.0937. The highest BCUT2D eigenvalue weighted by Crippen LogP contribution is 2.47. The molecule has 3 rings (SSSR count). The predicted octanol–water partition coefficient (Wildman–Crippen LogP) is 1.46. The third-order valence-corrected chi connectivity index (χ3v) is 3.91. The minimum atomic E-state index is -0.151. The Hall–Kier alpha value is -1.88. The molecule has 0 aliphatic heterocycles. The fourth-order valence-corrected chi connectivity index (χ4v) is 2.42. The van der Waals surface area contributed by atoms with E-state index in [2.05, 4.69) is 15.5 Å². The first-order valence-electron chi connectivity index (χ1n) is 6.56. The van der Waals surface area contributed by atoms with E-state index in [0.717, 1.165) is 30.2 Å². The van der Waals surface area contributed by atoms with E-state index in [0.29, 0.717) is 12.2 Å². The maximum absolute atomic E-state index is 12.1. The van der Waals surface area contributed by atoms with Crippen LogP contribution in [-0.4, -0.2) is 34.4 Å². The molecule has 1 aliphatic rings. The number of hydrogen-bond acceptors (Lipinski definition) is 3. The zero-order chi connectivity index (χ0) is 13.3. The Morgan fingerprint density at radius 2 is 2.21 bits per heavy atom. The van der Waals surface area contributed by atoms with Crippen molar-refractivity contribution >= 4 is 16.8 Å². The number of para-hydroxylation sites is 1. The van der Waals surface area contributed by atoms with Gasteiger partial charge in [-0.1, -0.05) is 18.2 Å². The Bertz CT molecular complexity index is 602. The van der Waals surface area contributed by atoms with E-state index in [9.17, 15) is 4.79 Å². The van der Waals surface area contributed by atoms with Crippen molar-refractivity contribution in [2.75, 3.05) is 13.2 Å². The quantitative estimate of drug-likeness (QED) is 0.760. The van der Waals surface area contributed by atoms with Gasteiger partial charge < -0.3 is 10.4 Å². The van der Waals surface area contributed by atoms with Crippen molar-refractivity contribution < 1.29 is 9.90 Å². The van der Waals surface area contributed by atoms with Gasteiger partial charge in [-0.3, -0.25) is 9.89 Å². The van der Waals surface area contributed by atoms with Gasteiger partial charge in [-0.05, 0) is 30.7 Å². The number of carbonyl (C=O) groups is 1. The zero-order valence-electron chi connectivity index (χ0n) is 10.6. The number of H-pyrrole nitrogens is 1. The molecule has 2 aromatic rings. The minimum Gasteiger partial charge on any atom is -0.396 e. The summed E-state index contributed by atoms with van der Waals surface area (Å²) in [6, 6.07) is 7.58. The molecule has 100 valence electrons. The standard InChI is InChI=1S/C14H17N3O2/c18-8-7-14(5-6-14)9-15-13(19)12-10-3-1-2-4-11(10)16-17-12/h1-4,18H,5-9H2,(H,15,19)(H,16,17). The van der Waals surface area contributed by atoms with Crippen molar-refractivity contribution in [1.82, 2.24) is 15.5 Å². The molecule has 1 aliphatic carbocycles. The van der Waals surface area contributed by atoms with Gasteiger partial charge in [-0.2, -0.15) is 5.10 Å². The molecule has 0 radical (unpaired) electrons. The van der Waals surface area contributed by atoms with Crippen LogP contribution in [0.4, 0.5) is 0 Å². The van der Waals surface area contributed by atoms with E-state index in [1.807, 2.05) is 24.3 Å². The van der Waals surface area contributed by atoms with Crippen molar-refractivity contribution in [2.45, 2.75) is 19.3 Å². The molecule has 1 aromatic carbocycles. The van der Waals surface area contributed by atoms with Crippen LogP contribution >= 0.6 is 0 Å². The number of hydrogen-bond donors (Lipinski definition) is 3. The summed E-state index contributed by atoms with van der Waals surface area (Å²) in [6.07, 6.45) is 2.92. The second-order valence-corrected chi connectivity index (χ2v) is 5.27. The van der Waals surface area contributed by atoms with Crippen LogP contribution < -0.4 is 5.32 Å². The maximum Gasteiger partial charge on any atom is 0.272 e. The summed E-state index contributed by atoms with van der Waals surface area (Å²) in [4.78, 5) is 12.1. The van der Waals surface area contributed by atoms with Crippen LogP contribution in [0.1, 0.15) is 29.8 Å². The van der Waals surface area contributed by atoms with Gasteiger partial charge in [0.15, 0.2) is 5.69 Å². The summed E-state index contributed by atoms with van der Waals surface area (Å²) in [5, 5.41) is 19.7. The molecule has 1 amide bonds. The number of carbonyl (C=O) groups excluding carboxylic acids is 1. The number of nitrogens with zero attached hydrogens (tertiary/aromatic N) is 1. The Kier molecular flexibility index (Phi) is 2.98. The Labute approximate surface area is 111 Å². The van der Waals surface area contributed by atoms with Crippen LogP contribution in [0.5, 0.6) is 0 Å². The first kappa shape index (κ1) is 12.2. The van der Waals surface area contributed by atoms with Gasteiger partial charge in [-0.15, -0.1) is 0 Å². The maximum atomic E-state index is 12.1. The molecule has 3 N–H and O–H groups in total. The molecule has 5 nitrogen and oxygen atoms in total. The number of aliphatic hydroxyl groups is 1. The van der Waals surface area contributed by atoms with E-state index in [1.165, 1.54) is 0 Å². The highest BCUT2D eigenvalue weighted by atomic mass is 16.3. The van der Waals surface area contributed by atoms with Gasteiger partial charge in [0, 0.05) is 18.5 Å². The van der Waals surface area contributed by atoms with Crippen LogP contribution in [0.25, 0.3) is 10.9 Å². The fourth-order valence-electron chi connectivity index (χ4n) is 2.42. The normalized spacial score (nSPS) is 16.5. The van der Waals surface area contributed by atoms with Gasteiger partial charge in [0.25, 0.3) is 5.91 Å². The predicted molar refractivity (Wildman–Crippen MR) is 71.8 cm³/mol. The summed E-state index contributed by atoms with van der Waals surface area (Å²) in [6.45, 7) is 0.800. The lowest BCUT2D eigenvalue weighted by Gasteiger charge is -2.13. The van der Waals surface area contributed by atoms with E-state index < -0.39 is 0 Å². The molecular weight excluding hydrogens is 242 g/mol. The molecule has 0 saturated heterocycles. The Balaban J connectivity index is 1.71. The van der Waals surface area contributed by atoms with Gasteiger partial charge in [0.1, 0.15) is 0 Å². The second kappa shape index (κ2) is 4.66. The van der Waals surface area contributed by atoms with Crippen LogP contribution in [0.3, 0.4) is 0 Å². The molecule has 19 heavy (non-hydrogen) atoms. The molecule has 0 atom stereocenters.